The first-order valence-electron chi connectivity index (χ1n) is 10.1. The van der Waals surface area contributed by atoms with E-state index in [-0.39, 0.29) is 17.4 Å². The zero-order valence-corrected chi connectivity index (χ0v) is 18.1. The van der Waals surface area contributed by atoms with Crippen LogP contribution in [-0.4, -0.2) is 77.6 Å². The number of carbonyl (C=O) groups excluding carboxylic acids is 2. The van der Waals surface area contributed by atoms with E-state index in [1.54, 1.807) is 12.3 Å². The molecule has 0 aliphatic carbocycles. The second kappa shape index (κ2) is 9.26. The summed E-state index contributed by atoms with van der Waals surface area (Å²) in [6.45, 7) is 4.07. The quantitative estimate of drug-likeness (QED) is 0.730. The van der Waals surface area contributed by atoms with Gasteiger partial charge in [0.1, 0.15) is 5.76 Å². The lowest BCUT2D eigenvalue weighted by Crippen LogP contribution is -2.64. The van der Waals surface area contributed by atoms with Crippen molar-refractivity contribution in [1.29, 1.82) is 0 Å². The Balaban J connectivity index is 0.000000383. The highest BCUT2D eigenvalue weighted by Crippen LogP contribution is 2.34. The molecule has 3 heterocycles. The molecule has 1 N–H and O–H groups in total. The van der Waals surface area contributed by atoms with Gasteiger partial charge in [0.15, 0.2) is 0 Å². The average Bonchev–Trinajstić information content (AvgIpc) is 3.38. The molecule has 8 nitrogen and oxygen atoms in total. The highest BCUT2D eigenvalue weighted by Gasteiger charge is 2.49. The highest BCUT2D eigenvalue weighted by molar-refractivity contribution is 5.97. The zero-order valence-electron chi connectivity index (χ0n) is 18.1. The monoisotopic (exact) mass is 467 g/mol. The molecule has 11 heteroatoms. The van der Waals surface area contributed by atoms with Crippen LogP contribution >= 0.6 is 0 Å². The number of likely N-dealkylation sites (N-methyl/N-ethyl adjacent to an activating group) is 1. The SMILES string of the molecule is Cc1occc1C(=O)N1CCC2(C1)CN(c1ccccc1)C(=O)CN2C.O=C(O)C(F)(F)F. The fourth-order valence-electron chi connectivity index (χ4n) is 4.05. The van der Waals surface area contributed by atoms with Gasteiger partial charge in [-0.3, -0.25) is 14.5 Å². The third kappa shape index (κ3) is 5.19. The summed E-state index contributed by atoms with van der Waals surface area (Å²) in [7, 11) is 1.98. The lowest BCUT2D eigenvalue weighted by Gasteiger charge is -2.46. The molecule has 1 atom stereocenters. The number of rotatable bonds is 2. The number of anilines is 1. The maximum absolute atomic E-state index is 12.8. The van der Waals surface area contributed by atoms with Crippen molar-refractivity contribution in [2.24, 2.45) is 0 Å². The minimum absolute atomic E-state index is 0.00434. The molecule has 1 aromatic heterocycles. The molecular formula is C22H24F3N3O5. The smallest absolute Gasteiger partial charge is 0.475 e. The zero-order chi connectivity index (χ0) is 24.4. The van der Waals surface area contributed by atoms with Crippen LogP contribution < -0.4 is 4.90 Å². The van der Waals surface area contributed by atoms with E-state index in [4.69, 9.17) is 14.3 Å². The third-order valence-electron chi connectivity index (χ3n) is 5.95. The van der Waals surface area contributed by atoms with Crippen molar-refractivity contribution in [3.05, 3.63) is 54.0 Å². The number of carboxylic acid groups (broad SMARTS) is 1. The molecular weight excluding hydrogens is 443 g/mol. The van der Waals surface area contributed by atoms with Gasteiger partial charge in [0, 0.05) is 25.3 Å². The van der Waals surface area contributed by atoms with Crippen LogP contribution in [0.4, 0.5) is 18.9 Å². The Kier molecular flexibility index (Phi) is 6.82. The topological polar surface area (TPSA) is 94.3 Å². The predicted molar refractivity (Wildman–Crippen MR) is 112 cm³/mol. The third-order valence-corrected chi connectivity index (χ3v) is 5.95. The number of likely N-dealkylation sites (tertiary alicyclic amines) is 1. The normalized spacial score (nSPS) is 21.2. The Labute approximate surface area is 188 Å². The van der Waals surface area contributed by atoms with Gasteiger partial charge in [0.05, 0.1) is 23.9 Å². The molecule has 1 spiro atoms. The molecule has 33 heavy (non-hydrogen) atoms. The number of nitrogens with zero attached hydrogens (tertiary/aromatic N) is 3. The lowest BCUT2D eigenvalue weighted by atomic mass is 9.92. The summed E-state index contributed by atoms with van der Waals surface area (Å²) < 4.78 is 37.0. The standard InChI is InChI=1S/C20H23N3O3.C2HF3O2/c1-15-17(8-11-26-15)19(25)22-10-9-20(13-22)14-23(18(24)12-21(20)2)16-6-4-3-5-7-16;3-2(4,5)1(6)7/h3-8,11H,9-10,12-14H2,1-2H3;(H,6,7). The van der Waals surface area contributed by atoms with E-state index >= 15 is 0 Å². The van der Waals surface area contributed by atoms with E-state index in [0.29, 0.717) is 37.5 Å². The fourth-order valence-corrected chi connectivity index (χ4v) is 4.05. The molecule has 4 rings (SSSR count). The van der Waals surface area contributed by atoms with Crippen LogP contribution in [0.1, 0.15) is 22.5 Å². The number of piperazine rings is 1. The Morgan fingerprint density at radius 2 is 1.76 bits per heavy atom. The van der Waals surface area contributed by atoms with E-state index < -0.39 is 12.1 Å². The second-order valence-electron chi connectivity index (χ2n) is 8.07. The van der Waals surface area contributed by atoms with Crippen molar-refractivity contribution in [1.82, 2.24) is 9.80 Å². The highest BCUT2D eigenvalue weighted by atomic mass is 19.4. The first-order chi connectivity index (χ1) is 15.4. The number of halogens is 3. The molecule has 178 valence electrons. The maximum atomic E-state index is 12.8. The number of hydrogen-bond donors (Lipinski definition) is 1. The molecule has 0 bridgehead atoms. The van der Waals surface area contributed by atoms with Crippen LogP contribution in [-0.2, 0) is 9.59 Å². The van der Waals surface area contributed by atoms with Crippen molar-refractivity contribution in [3.63, 3.8) is 0 Å². The number of para-hydroxylation sites is 1. The largest absolute Gasteiger partial charge is 0.490 e. The van der Waals surface area contributed by atoms with Gasteiger partial charge in [-0.2, -0.15) is 13.2 Å². The maximum Gasteiger partial charge on any atom is 0.490 e. The van der Waals surface area contributed by atoms with Crippen LogP contribution in [0.25, 0.3) is 0 Å². The Hall–Kier alpha value is -3.34. The van der Waals surface area contributed by atoms with Gasteiger partial charge in [-0.1, -0.05) is 18.2 Å². The van der Waals surface area contributed by atoms with Crippen molar-refractivity contribution >= 4 is 23.5 Å². The average molecular weight is 467 g/mol. The van der Waals surface area contributed by atoms with Crippen LogP contribution in [0.5, 0.6) is 0 Å². The summed E-state index contributed by atoms with van der Waals surface area (Å²) in [6.07, 6.45) is -2.68. The molecule has 1 aromatic carbocycles. The number of carboxylic acids is 1. The Bertz CT molecular complexity index is 1020. The molecule has 2 amide bonds. The molecule has 0 radical (unpaired) electrons. The van der Waals surface area contributed by atoms with Gasteiger partial charge in [0.2, 0.25) is 5.91 Å². The molecule has 2 aliphatic rings. The van der Waals surface area contributed by atoms with Crippen molar-refractivity contribution in [2.45, 2.75) is 25.1 Å². The molecule has 2 fully saturated rings. The number of carbonyl (C=O) groups is 3. The number of amides is 2. The van der Waals surface area contributed by atoms with Crippen LogP contribution in [0, 0.1) is 6.92 Å². The second-order valence-corrected chi connectivity index (χ2v) is 8.07. The molecule has 2 aromatic rings. The fraction of sp³-hybridized carbons (Fsp3) is 0.409. The van der Waals surface area contributed by atoms with Crippen LogP contribution in [0.2, 0.25) is 0 Å². The first kappa shape index (κ1) is 24.3. The van der Waals surface area contributed by atoms with Gasteiger partial charge in [-0.05, 0) is 38.6 Å². The van der Waals surface area contributed by atoms with E-state index in [1.165, 1.54) is 0 Å². The summed E-state index contributed by atoms with van der Waals surface area (Å²) >= 11 is 0. The Morgan fingerprint density at radius 3 is 2.30 bits per heavy atom. The summed E-state index contributed by atoms with van der Waals surface area (Å²) in [5.41, 5.74) is 1.33. The van der Waals surface area contributed by atoms with Gasteiger partial charge in [0.25, 0.3) is 5.91 Å². The van der Waals surface area contributed by atoms with E-state index in [0.717, 1.165) is 12.1 Å². The summed E-state index contributed by atoms with van der Waals surface area (Å²) in [5.74, 6) is -2.01. The van der Waals surface area contributed by atoms with Gasteiger partial charge < -0.3 is 19.3 Å². The van der Waals surface area contributed by atoms with Gasteiger partial charge >= 0.3 is 12.1 Å². The van der Waals surface area contributed by atoms with E-state index in [9.17, 15) is 22.8 Å². The summed E-state index contributed by atoms with van der Waals surface area (Å²) in [4.78, 5) is 40.2. The van der Waals surface area contributed by atoms with Crippen LogP contribution in [0.15, 0.2) is 47.1 Å². The summed E-state index contributed by atoms with van der Waals surface area (Å²) in [6, 6.07) is 11.5. The van der Waals surface area contributed by atoms with E-state index in [2.05, 4.69) is 4.90 Å². The summed E-state index contributed by atoms with van der Waals surface area (Å²) in [5, 5.41) is 7.12. The molecule has 0 saturated carbocycles. The van der Waals surface area contributed by atoms with Crippen molar-refractivity contribution in [2.75, 3.05) is 38.1 Å². The minimum Gasteiger partial charge on any atom is -0.475 e. The van der Waals surface area contributed by atoms with Gasteiger partial charge in [-0.15, -0.1) is 0 Å². The van der Waals surface area contributed by atoms with Crippen molar-refractivity contribution in [3.8, 4) is 0 Å². The molecule has 2 aliphatic heterocycles. The van der Waals surface area contributed by atoms with E-state index in [1.807, 2.05) is 54.1 Å². The number of hydrogen-bond acceptors (Lipinski definition) is 5. The molecule has 2 saturated heterocycles. The van der Waals surface area contributed by atoms with Gasteiger partial charge in [-0.25, -0.2) is 4.79 Å². The Morgan fingerprint density at radius 1 is 1.12 bits per heavy atom. The predicted octanol–water partition coefficient (Wildman–Crippen LogP) is 2.78. The lowest BCUT2D eigenvalue weighted by molar-refractivity contribution is -0.192. The number of aliphatic carboxylic acids is 1. The number of furan rings is 1. The first-order valence-corrected chi connectivity index (χ1v) is 10.1. The molecule has 1 unspecified atom stereocenters. The minimum atomic E-state index is -5.08. The van der Waals surface area contributed by atoms with Crippen molar-refractivity contribution < 1.29 is 37.1 Å². The van der Waals surface area contributed by atoms with Crippen LogP contribution in [0.3, 0.4) is 0 Å². The number of aryl methyl sites for hydroxylation is 1. The number of benzene rings is 1. The number of alkyl halides is 3.